The number of carbonyl (C=O) groups excluding carboxylic acids is 1. The third-order valence-corrected chi connectivity index (χ3v) is 1.51. The van der Waals surface area contributed by atoms with Gasteiger partial charge in [0.15, 0.2) is 5.82 Å². The van der Waals surface area contributed by atoms with E-state index in [-0.39, 0.29) is 11.1 Å². The summed E-state index contributed by atoms with van der Waals surface area (Å²) < 4.78 is 0. The van der Waals surface area contributed by atoms with Gasteiger partial charge in [-0.25, -0.2) is 4.98 Å². The lowest BCUT2D eigenvalue weighted by Gasteiger charge is -2.08. The first-order valence-electron chi connectivity index (χ1n) is 4.00. The zero-order valence-electron chi connectivity index (χ0n) is 7.99. The predicted octanol–water partition coefficient (Wildman–Crippen LogP) is 0.630. The molecule has 0 aromatic carbocycles. The number of nitrogens with zero attached hydrogens (tertiary/aromatic N) is 3. The molecule has 0 aliphatic heterocycles. The zero-order chi connectivity index (χ0) is 10.6. The van der Waals surface area contributed by atoms with E-state index in [1.54, 1.807) is 4.90 Å². The van der Waals surface area contributed by atoms with Crippen molar-refractivity contribution in [1.29, 1.82) is 0 Å². The third kappa shape index (κ3) is 3.68. The van der Waals surface area contributed by atoms with Crippen molar-refractivity contribution in [1.82, 2.24) is 14.9 Å². The summed E-state index contributed by atoms with van der Waals surface area (Å²) in [5, 5.41) is 2.83. The molecule has 0 bridgehead atoms. The summed E-state index contributed by atoms with van der Waals surface area (Å²) >= 11 is 5.60. The van der Waals surface area contributed by atoms with Crippen molar-refractivity contribution >= 4 is 23.3 Å². The van der Waals surface area contributed by atoms with Crippen LogP contribution in [-0.4, -0.2) is 41.4 Å². The van der Waals surface area contributed by atoms with E-state index in [9.17, 15) is 4.79 Å². The van der Waals surface area contributed by atoms with Crippen LogP contribution in [0, 0.1) is 0 Å². The van der Waals surface area contributed by atoms with Crippen LogP contribution >= 0.6 is 11.6 Å². The first-order chi connectivity index (χ1) is 6.58. The van der Waals surface area contributed by atoms with Crippen molar-refractivity contribution in [2.45, 2.75) is 0 Å². The summed E-state index contributed by atoms with van der Waals surface area (Å²) in [6.07, 6.45) is 2.85. The molecular formula is C8H11ClN4O. The van der Waals surface area contributed by atoms with Gasteiger partial charge in [-0.3, -0.25) is 9.78 Å². The van der Waals surface area contributed by atoms with Crippen LogP contribution in [0.1, 0.15) is 0 Å². The van der Waals surface area contributed by atoms with Crippen LogP contribution in [-0.2, 0) is 4.79 Å². The molecule has 0 atom stereocenters. The molecule has 0 saturated heterocycles. The van der Waals surface area contributed by atoms with Gasteiger partial charge >= 0.3 is 0 Å². The highest BCUT2D eigenvalue weighted by Gasteiger charge is 2.04. The Labute approximate surface area is 87.1 Å². The van der Waals surface area contributed by atoms with E-state index >= 15 is 0 Å². The Morgan fingerprint density at radius 3 is 2.86 bits per heavy atom. The molecule has 0 fully saturated rings. The maximum atomic E-state index is 11.3. The SMILES string of the molecule is CN(C)CC(=O)Nc1cncc(Cl)n1. The van der Waals surface area contributed by atoms with Crippen LogP contribution in [0.5, 0.6) is 0 Å². The Bertz CT molecular complexity index is 329. The van der Waals surface area contributed by atoms with Crippen molar-refractivity contribution in [2.24, 2.45) is 0 Å². The Morgan fingerprint density at radius 2 is 2.29 bits per heavy atom. The van der Waals surface area contributed by atoms with E-state index in [1.807, 2.05) is 14.1 Å². The molecular weight excluding hydrogens is 204 g/mol. The average Bonchev–Trinajstić information content (AvgIpc) is 2.01. The number of hydrogen-bond donors (Lipinski definition) is 1. The molecule has 1 heterocycles. The molecule has 1 aromatic rings. The Kier molecular flexibility index (Phi) is 3.79. The minimum atomic E-state index is -0.147. The Hall–Kier alpha value is -1.20. The van der Waals surface area contributed by atoms with E-state index in [1.165, 1.54) is 12.4 Å². The van der Waals surface area contributed by atoms with Gasteiger partial charge in [-0.2, -0.15) is 0 Å². The van der Waals surface area contributed by atoms with Gasteiger partial charge in [0, 0.05) is 0 Å². The number of anilines is 1. The zero-order valence-corrected chi connectivity index (χ0v) is 8.75. The highest BCUT2D eigenvalue weighted by atomic mass is 35.5. The molecule has 6 heteroatoms. The lowest BCUT2D eigenvalue weighted by molar-refractivity contribution is -0.116. The topological polar surface area (TPSA) is 58.1 Å². The van der Waals surface area contributed by atoms with E-state index in [4.69, 9.17) is 11.6 Å². The second kappa shape index (κ2) is 4.88. The van der Waals surface area contributed by atoms with Crippen LogP contribution < -0.4 is 5.32 Å². The van der Waals surface area contributed by atoms with E-state index in [2.05, 4.69) is 15.3 Å². The quantitative estimate of drug-likeness (QED) is 0.802. The molecule has 14 heavy (non-hydrogen) atoms. The van der Waals surface area contributed by atoms with Crippen molar-refractivity contribution in [3.8, 4) is 0 Å². The maximum absolute atomic E-state index is 11.3. The van der Waals surface area contributed by atoms with Crippen LogP contribution in [0.25, 0.3) is 0 Å². The molecule has 0 spiro atoms. The van der Waals surface area contributed by atoms with Crippen molar-refractivity contribution < 1.29 is 4.79 Å². The lowest BCUT2D eigenvalue weighted by Crippen LogP contribution is -2.27. The minimum Gasteiger partial charge on any atom is -0.308 e. The minimum absolute atomic E-state index is 0.147. The molecule has 1 aromatic heterocycles. The summed E-state index contributed by atoms with van der Waals surface area (Å²) in [7, 11) is 3.62. The predicted molar refractivity (Wildman–Crippen MR) is 54.2 cm³/mol. The summed E-state index contributed by atoms with van der Waals surface area (Å²) in [4.78, 5) is 20.7. The normalized spacial score (nSPS) is 10.3. The highest BCUT2D eigenvalue weighted by molar-refractivity contribution is 6.29. The highest BCUT2D eigenvalue weighted by Crippen LogP contribution is 2.06. The van der Waals surface area contributed by atoms with Gasteiger partial charge in [0.05, 0.1) is 18.9 Å². The molecule has 0 radical (unpaired) electrons. The Balaban J connectivity index is 2.56. The molecule has 1 N–H and O–H groups in total. The van der Waals surface area contributed by atoms with Gasteiger partial charge in [0.25, 0.3) is 0 Å². The number of hydrogen-bond acceptors (Lipinski definition) is 4. The third-order valence-electron chi connectivity index (χ3n) is 1.33. The van der Waals surface area contributed by atoms with Gasteiger partial charge in [0.2, 0.25) is 5.91 Å². The summed E-state index contributed by atoms with van der Waals surface area (Å²) in [6, 6.07) is 0. The molecule has 1 amide bonds. The standard InChI is InChI=1S/C8H11ClN4O/c1-13(2)5-8(14)12-7-4-10-3-6(9)11-7/h3-4H,5H2,1-2H3,(H,11,12,14). The summed E-state index contributed by atoms with van der Waals surface area (Å²) in [5.41, 5.74) is 0. The first kappa shape index (κ1) is 10.9. The molecule has 76 valence electrons. The van der Waals surface area contributed by atoms with E-state index in [0.717, 1.165) is 0 Å². The Morgan fingerprint density at radius 1 is 1.57 bits per heavy atom. The lowest BCUT2D eigenvalue weighted by atomic mass is 10.5. The van der Waals surface area contributed by atoms with Crippen LogP contribution in [0.2, 0.25) is 5.15 Å². The number of likely N-dealkylation sites (N-methyl/N-ethyl adjacent to an activating group) is 1. The molecule has 5 nitrogen and oxygen atoms in total. The molecule has 0 aliphatic carbocycles. The van der Waals surface area contributed by atoms with E-state index in [0.29, 0.717) is 12.4 Å². The number of carbonyl (C=O) groups is 1. The number of nitrogens with one attached hydrogen (secondary N) is 1. The second-order valence-corrected chi connectivity index (χ2v) is 3.40. The van der Waals surface area contributed by atoms with Gasteiger partial charge in [-0.05, 0) is 14.1 Å². The molecule has 0 aliphatic rings. The maximum Gasteiger partial charge on any atom is 0.239 e. The smallest absolute Gasteiger partial charge is 0.239 e. The fourth-order valence-corrected chi connectivity index (χ4v) is 1.02. The number of amides is 1. The molecule has 0 unspecified atom stereocenters. The largest absolute Gasteiger partial charge is 0.308 e. The fraction of sp³-hybridized carbons (Fsp3) is 0.375. The van der Waals surface area contributed by atoms with Crippen molar-refractivity contribution in [2.75, 3.05) is 26.0 Å². The van der Waals surface area contributed by atoms with Crippen LogP contribution in [0.3, 0.4) is 0 Å². The van der Waals surface area contributed by atoms with Gasteiger partial charge in [-0.1, -0.05) is 11.6 Å². The van der Waals surface area contributed by atoms with E-state index < -0.39 is 0 Å². The molecule has 1 rings (SSSR count). The number of halogens is 1. The van der Waals surface area contributed by atoms with Crippen LogP contribution in [0.15, 0.2) is 12.4 Å². The van der Waals surface area contributed by atoms with Crippen LogP contribution in [0.4, 0.5) is 5.82 Å². The monoisotopic (exact) mass is 214 g/mol. The van der Waals surface area contributed by atoms with Gasteiger partial charge in [0.1, 0.15) is 5.15 Å². The fourth-order valence-electron chi connectivity index (χ4n) is 0.872. The van der Waals surface area contributed by atoms with Gasteiger partial charge < -0.3 is 10.2 Å². The summed E-state index contributed by atoms with van der Waals surface area (Å²) in [5.74, 6) is 0.218. The van der Waals surface area contributed by atoms with Crippen molar-refractivity contribution in [3.63, 3.8) is 0 Å². The number of rotatable bonds is 3. The number of aromatic nitrogens is 2. The second-order valence-electron chi connectivity index (χ2n) is 3.01. The summed E-state index contributed by atoms with van der Waals surface area (Å²) in [6.45, 7) is 0.300. The van der Waals surface area contributed by atoms with Crippen molar-refractivity contribution in [3.05, 3.63) is 17.5 Å². The first-order valence-corrected chi connectivity index (χ1v) is 4.38. The van der Waals surface area contributed by atoms with Gasteiger partial charge in [-0.15, -0.1) is 0 Å². The molecule has 0 saturated carbocycles. The average molecular weight is 215 g/mol.